The molecule has 2 aromatic carbocycles. The molecule has 1 amide bonds. The Morgan fingerprint density at radius 2 is 1.95 bits per heavy atom. The van der Waals surface area contributed by atoms with Crippen LogP contribution in [0.15, 0.2) is 36.4 Å². The summed E-state index contributed by atoms with van der Waals surface area (Å²) in [5, 5.41) is 3.95. The summed E-state index contributed by atoms with van der Waals surface area (Å²) in [7, 11) is -0.243. The van der Waals surface area contributed by atoms with Crippen LogP contribution in [-0.2, 0) is 12.8 Å². The van der Waals surface area contributed by atoms with E-state index in [2.05, 4.69) is 11.4 Å². The summed E-state index contributed by atoms with van der Waals surface area (Å²) >= 11 is 0. The maximum absolute atomic E-state index is 12.5. The Morgan fingerprint density at radius 3 is 2.73 bits per heavy atom. The molecule has 2 N–H and O–H groups in total. The van der Waals surface area contributed by atoms with Crippen molar-refractivity contribution in [3.63, 3.8) is 0 Å². The minimum atomic E-state index is -0.243. The third-order valence-corrected chi connectivity index (χ3v) is 4.78. The number of amides is 1. The zero-order chi connectivity index (χ0) is 15.5. The van der Waals surface area contributed by atoms with Gasteiger partial charge in [-0.05, 0) is 67.5 Å². The maximum atomic E-state index is 12.5. The second kappa shape index (κ2) is 6.60. The first-order chi connectivity index (χ1) is 10.7. The molecule has 0 fully saturated rings. The standard InChI is InChI=1S/C18H20NO2P/c1-12-6-2-4-8-15(12)18(20)19-17-11-14(22-21)10-13-7-3-5-9-16(13)17/h2,4,6,8,10-11,21-22H,3,5,7,9H2,1H3,(H,19,20). The predicted octanol–water partition coefficient (Wildman–Crippen LogP) is 3.34. The third kappa shape index (κ3) is 3.06. The lowest BCUT2D eigenvalue weighted by molar-refractivity contribution is 0.102. The van der Waals surface area contributed by atoms with Crippen molar-refractivity contribution in [3.8, 4) is 0 Å². The number of hydrogen-bond donors (Lipinski definition) is 2. The predicted molar refractivity (Wildman–Crippen MR) is 92.4 cm³/mol. The Bertz CT molecular complexity index is 712. The van der Waals surface area contributed by atoms with E-state index in [1.807, 2.05) is 37.3 Å². The number of rotatable bonds is 3. The van der Waals surface area contributed by atoms with E-state index in [1.54, 1.807) is 0 Å². The highest BCUT2D eigenvalue weighted by Gasteiger charge is 2.17. The van der Waals surface area contributed by atoms with Gasteiger partial charge in [0.1, 0.15) is 0 Å². The van der Waals surface area contributed by atoms with Crippen LogP contribution in [0.4, 0.5) is 5.69 Å². The van der Waals surface area contributed by atoms with Gasteiger partial charge in [-0.25, -0.2) is 0 Å². The number of hydrogen-bond acceptors (Lipinski definition) is 2. The summed E-state index contributed by atoms with van der Waals surface area (Å²) in [6, 6.07) is 11.6. The van der Waals surface area contributed by atoms with Crippen molar-refractivity contribution >= 4 is 25.7 Å². The van der Waals surface area contributed by atoms with Crippen molar-refractivity contribution in [1.29, 1.82) is 0 Å². The van der Waals surface area contributed by atoms with Gasteiger partial charge in [0, 0.05) is 25.4 Å². The Hall–Kier alpha value is -1.70. The Kier molecular flexibility index (Phi) is 4.56. The van der Waals surface area contributed by atoms with Crippen LogP contribution in [0.25, 0.3) is 0 Å². The molecular formula is C18H20NO2P. The van der Waals surface area contributed by atoms with Crippen LogP contribution in [0.2, 0.25) is 0 Å². The number of aryl methyl sites for hydroxylation is 2. The van der Waals surface area contributed by atoms with E-state index < -0.39 is 0 Å². The van der Waals surface area contributed by atoms with E-state index in [1.165, 1.54) is 17.5 Å². The number of carbonyl (C=O) groups excluding carboxylic acids is 1. The van der Waals surface area contributed by atoms with Crippen molar-refractivity contribution in [2.45, 2.75) is 32.6 Å². The van der Waals surface area contributed by atoms with E-state index in [4.69, 9.17) is 0 Å². The van der Waals surface area contributed by atoms with Crippen molar-refractivity contribution < 1.29 is 9.69 Å². The summed E-state index contributed by atoms with van der Waals surface area (Å²) in [5.74, 6) is -0.0794. The summed E-state index contributed by atoms with van der Waals surface area (Å²) in [4.78, 5) is 22.0. The topological polar surface area (TPSA) is 49.3 Å². The van der Waals surface area contributed by atoms with Crippen molar-refractivity contribution in [1.82, 2.24) is 0 Å². The zero-order valence-corrected chi connectivity index (χ0v) is 13.6. The molecule has 1 aliphatic carbocycles. The second-order valence-electron chi connectivity index (χ2n) is 5.75. The molecule has 3 rings (SSSR count). The van der Waals surface area contributed by atoms with Crippen LogP contribution in [0.1, 0.15) is 39.9 Å². The van der Waals surface area contributed by atoms with Gasteiger partial charge in [0.25, 0.3) is 5.91 Å². The fourth-order valence-electron chi connectivity index (χ4n) is 3.06. The van der Waals surface area contributed by atoms with Crippen LogP contribution in [-0.4, -0.2) is 10.8 Å². The molecule has 1 aliphatic rings. The molecule has 1 unspecified atom stereocenters. The van der Waals surface area contributed by atoms with Gasteiger partial charge in [-0.3, -0.25) is 4.79 Å². The number of fused-ring (bicyclic) bond motifs is 1. The lowest BCUT2D eigenvalue weighted by atomic mass is 9.90. The van der Waals surface area contributed by atoms with E-state index in [9.17, 15) is 9.69 Å². The highest BCUT2D eigenvalue weighted by Crippen LogP contribution is 2.29. The summed E-state index contributed by atoms with van der Waals surface area (Å²) in [6.07, 6.45) is 4.35. The molecule has 0 bridgehead atoms. The Labute approximate surface area is 132 Å². The number of carbonyl (C=O) groups is 1. The molecule has 1 atom stereocenters. The molecule has 0 radical (unpaired) electrons. The van der Waals surface area contributed by atoms with E-state index >= 15 is 0 Å². The third-order valence-electron chi connectivity index (χ3n) is 4.23. The van der Waals surface area contributed by atoms with E-state index in [0.29, 0.717) is 5.56 Å². The zero-order valence-electron chi connectivity index (χ0n) is 12.6. The van der Waals surface area contributed by atoms with Crippen molar-refractivity contribution in [3.05, 3.63) is 58.7 Å². The van der Waals surface area contributed by atoms with Crippen molar-refractivity contribution in [2.24, 2.45) is 0 Å². The molecule has 0 heterocycles. The number of anilines is 1. The SMILES string of the molecule is Cc1ccccc1C(=O)Nc1cc(PO)cc2c1CCCC2. The smallest absolute Gasteiger partial charge is 0.255 e. The van der Waals surface area contributed by atoms with Crippen LogP contribution in [0.5, 0.6) is 0 Å². The van der Waals surface area contributed by atoms with Crippen LogP contribution in [0.3, 0.4) is 0 Å². The average Bonchev–Trinajstić information content (AvgIpc) is 2.55. The Balaban J connectivity index is 1.95. The molecule has 0 saturated carbocycles. The molecule has 0 aromatic heterocycles. The largest absolute Gasteiger partial charge is 0.372 e. The fraction of sp³-hybridized carbons (Fsp3) is 0.278. The molecule has 0 spiro atoms. The molecule has 2 aromatic rings. The lowest BCUT2D eigenvalue weighted by Gasteiger charge is -2.21. The molecule has 0 saturated heterocycles. The fourth-order valence-corrected chi connectivity index (χ4v) is 3.51. The molecule has 0 aliphatic heterocycles. The first kappa shape index (κ1) is 15.2. The van der Waals surface area contributed by atoms with Gasteiger partial charge in [0.05, 0.1) is 0 Å². The normalized spacial score (nSPS) is 14.1. The minimum absolute atomic E-state index is 0.0794. The van der Waals surface area contributed by atoms with Crippen LogP contribution < -0.4 is 10.6 Å². The van der Waals surface area contributed by atoms with Gasteiger partial charge in [-0.1, -0.05) is 18.2 Å². The second-order valence-corrected chi connectivity index (χ2v) is 6.55. The quantitative estimate of drug-likeness (QED) is 0.854. The molecule has 22 heavy (non-hydrogen) atoms. The minimum Gasteiger partial charge on any atom is -0.372 e. The highest BCUT2D eigenvalue weighted by molar-refractivity contribution is 7.40. The van der Waals surface area contributed by atoms with Crippen LogP contribution >= 0.6 is 8.81 Å². The van der Waals surface area contributed by atoms with Crippen LogP contribution in [0, 0.1) is 6.92 Å². The first-order valence-corrected chi connectivity index (χ1v) is 8.56. The lowest BCUT2D eigenvalue weighted by Crippen LogP contribution is -2.18. The van der Waals surface area contributed by atoms with Gasteiger partial charge in [0.15, 0.2) is 0 Å². The molecule has 3 nitrogen and oxygen atoms in total. The first-order valence-electron chi connectivity index (χ1n) is 7.62. The number of benzene rings is 2. The molecule has 114 valence electrons. The summed E-state index contributed by atoms with van der Waals surface area (Å²) in [5.41, 5.74) is 5.03. The van der Waals surface area contributed by atoms with Gasteiger partial charge in [-0.2, -0.15) is 0 Å². The van der Waals surface area contributed by atoms with Gasteiger partial charge >= 0.3 is 0 Å². The highest BCUT2D eigenvalue weighted by atomic mass is 31.1. The van der Waals surface area contributed by atoms with Gasteiger partial charge in [-0.15, -0.1) is 0 Å². The van der Waals surface area contributed by atoms with Gasteiger partial charge < -0.3 is 10.2 Å². The van der Waals surface area contributed by atoms with Crippen molar-refractivity contribution in [2.75, 3.05) is 5.32 Å². The maximum Gasteiger partial charge on any atom is 0.255 e. The van der Waals surface area contributed by atoms with E-state index in [0.717, 1.165) is 35.8 Å². The van der Waals surface area contributed by atoms with Gasteiger partial charge in [0.2, 0.25) is 0 Å². The molecule has 4 heteroatoms. The Morgan fingerprint density at radius 1 is 1.18 bits per heavy atom. The summed E-state index contributed by atoms with van der Waals surface area (Å²) < 4.78 is 0. The number of nitrogens with one attached hydrogen (secondary N) is 1. The average molecular weight is 313 g/mol. The summed E-state index contributed by atoms with van der Waals surface area (Å²) in [6.45, 7) is 1.94. The molecular weight excluding hydrogens is 293 g/mol. The van der Waals surface area contributed by atoms with E-state index in [-0.39, 0.29) is 14.7 Å². The monoisotopic (exact) mass is 313 g/mol.